The quantitative estimate of drug-likeness (QED) is 0.601. The van der Waals surface area contributed by atoms with Crippen molar-refractivity contribution < 1.29 is 5.11 Å². The molecule has 0 amide bonds. The van der Waals surface area contributed by atoms with Gasteiger partial charge >= 0.3 is 0 Å². The van der Waals surface area contributed by atoms with Gasteiger partial charge in [-0.2, -0.15) is 0 Å². The second-order valence-corrected chi connectivity index (χ2v) is 3.99. The molecular weight excluding hydrogens is 198 g/mol. The third-order valence-corrected chi connectivity index (χ3v) is 2.83. The van der Waals surface area contributed by atoms with Crippen molar-refractivity contribution >= 4 is 10.9 Å². The number of hydrogen-bond acceptors (Lipinski definition) is 1. The second kappa shape index (κ2) is 4.99. The summed E-state index contributed by atoms with van der Waals surface area (Å²) in [7, 11) is 0. The van der Waals surface area contributed by atoms with Crippen molar-refractivity contribution in [2.75, 3.05) is 0 Å². The molecule has 1 N–H and O–H groups in total. The number of rotatable bonds is 5. The van der Waals surface area contributed by atoms with Crippen molar-refractivity contribution in [1.82, 2.24) is 4.57 Å². The standard InChI is InChI=1S/C14H17NO/c1-2-3-4-8-15-9-7-13-10-12(11-16)5-6-14(13)15/h2,5-7,9-10,16H,1,3-4,8,11H2. The summed E-state index contributed by atoms with van der Waals surface area (Å²) in [6, 6.07) is 8.20. The highest BCUT2D eigenvalue weighted by Gasteiger charge is 2.01. The zero-order valence-corrected chi connectivity index (χ0v) is 9.39. The van der Waals surface area contributed by atoms with Crippen LogP contribution in [-0.2, 0) is 13.2 Å². The molecule has 0 spiro atoms. The average molecular weight is 215 g/mol. The van der Waals surface area contributed by atoms with E-state index in [0.717, 1.165) is 24.9 Å². The molecular formula is C14H17NO. The number of allylic oxidation sites excluding steroid dienone is 1. The Hall–Kier alpha value is -1.54. The van der Waals surface area contributed by atoms with Crippen molar-refractivity contribution in [2.45, 2.75) is 26.0 Å². The molecule has 0 aliphatic rings. The summed E-state index contributed by atoms with van der Waals surface area (Å²) in [5, 5.41) is 10.3. The lowest BCUT2D eigenvalue weighted by Gasteiger charge is -2.04. The summed E-state index contributed by atoms with van der Waals surface area (Å²) in [6.45, 7) is 4.86. The van der Waals surface area contributed by atoms with Crippen LogP contribution in [0.5, 0.6) is 0 Å². The van der Waals surface area contributed by atoms with Gasteiger partial charge in [0.25, 0.3) is 0 Å². The number of hydrogen-bond donors (Lipinski definition) is 1. The van der Waals surface area contributed by atoms with Crippen molar-refractivity contribution in [1.29, 1.82) is 0 Å². The highest BCUT2D eigenvalue weighted by atomic mass is 16.3. The van der Waals surface area contributed by atoms with E-state index in [1.165, 1.54) is 10.9 Å². The maximum Gasteiger partial charge on any atom is 0.0682 e. The lowest BCUT2D eigenvalue weighted by Crippen LogP contribution is -1.95. The Labute approximate surface area is 95.8 Å². The van der Waals surface area contributed by atoms with E-state index < -0.39 is 0 Å². The van der Waals surface area contributed by atoms with E-state index >= 15 is 0 Å². The smallest absolute Gasteiger partial charge is 0.0682 e. The van der Waals surface area contributed by atoms with E-state index in [1.807, 2.05) is 18.2 Å². The first-order valence-corrected chi connectivity index (χ1v) is 5.64. The van der Waals surface area contributed by atoms with Crippen LogP contribution in [0.4, 0.5) is 0 Å². The lowest BCUT2D eigenvalue weighted by atomic mass is 10.2. The van der Waals surface area contributed by atoms with Gasteiger partial charge < -0.3 is 9.67 Å². The third-order valence-electron chi connectivity index (χ3n) is 2.83. The van der Waals surface area contributed by atoms with Gasteiger partial charge in [-0.25, -0.2) is 0 Å². The molecule has 16 heavy (non-hydrogen) atoms. The molecule has 84 valence electrons. The molecule has 0 atom stereocenters. The van der Waals surface area contributed by atoms with Gasteiger partial charge in [-0.15, -0.1) is 6.58 Å². The van der Waals surface area contributed by atoms with Crippen LogP contribution in [0, 0.1) is 0 Å². The van der Waals surface area contributed by atoms with Crippen LogP contribution in [-0.4, -0.2) is 9.67 Å². The summed E-state index contributed by atoms with van der Waals surface area (Å²) in [5.41, 5.74) is 2.21. The van der Waals surface area contributed by atoms with Gasteiger partial charge in [0.2, 0.25) is 0 Å². The predicted molar refractivity (Wildman–Crippen MR) is 67.3 cm³/mol. The van der Waals surface area contributed by atoms with Crippen molar-refractivity contribution in [3.8, 4) is 0 Å². The summed E-state index contributed by atoms with van der Waals surface area (Å²) in [6.07, 6.45) is 6.23. The van der Waals surface area contributed by atoms with Crippen molar-refractivity contribution in [2.24, 2.45) is 0 Å². The lowest BCUT2D eigenvalue weighted by molar-refractivity contribution is 0.282. The minimum absolute atomic E-state index is 0.109. The zero-order chi connectivity index (χ0) is 11.4. The highest BCUT2D eigenvalue weighted by Crippen LogP contribution is 2.18. The van der Waals surface area contributed by atoms with Crippen LogP contribution in [0.15, 0.2) is 43.1 Å². The summed E-state index contributed by atoms with van der Waals surface area (Å²) in [4.78, 5) is 0. The van der Waals surface area contributed by atoms with Crippen molar-refractivity contribution in [3.05, 3.63) is 48.7 Å². The summed E-state index contributed by atoms with van der Waals surface area (Å²) in [5.74, 6) is 0. The average Bonchev–Trinajstić information content (AvgIpc) is 2.72. The van der Waals surface area contributed by atoms with Crippen LogP contribution in [0.2, 0.25) is 0 Å². The Morgan fingerprint density at radius 3 is 2.94 bits per heavy atom. The molecule has 0 saturated heterocycles. The zero-order valence-electron chi connectivity index (χ0n) is 9.39. The molecule has 2 heteroatoms. The minimum atomic E-state index is 0.109. The molecule has 1 aromatic carbocycles. The Kier molecular flexibility index (Phi) is 3.42. The van der Waals surface area contributed by atoms with Crippen molar-refractivity contribution in [3.63, 3.8) is 0 Å². The van der Waals surface area contributed by atoms with E-state index in [2.05, 4.69) is 29.5 Å². The van der Waals surface area contributed by atoms with Gasteiger partial charge in [0, 0.05) is 18.3 Å². The molecule has 0 fully saturated rings. The Balaban J connectivity index is 2.23. The summed E-state index contributed by atoms with van der Waals surface area (Å²) < 4.78 is 2.25. The van der Waals surface area contributed by atoms with E-state index in [0.29, 0.717) is 0 Å². The number of unbranched alkanes of at least 4 members (excludes halogenated alkanes) is 1. The topological polar surface area (TPSA) is 25.2 Å². The number of aromatic nitrogens is 1. The molecule has 0 bridgehead atoms. The van der Waals surface area contributed by atoms with E-state index in [1.54, 1.807) is 0 Å². The molecule has 2 nitrogen and oxygen atoms in total. The van der Waals surface area contributed by atoms with Crippen LogP contribution in [0.3, 0.4) is 0 Å². The molecule has 1 aromatic heterocycles. The molecule has 0 aliphatic carbocycles. The third kappa shape index (κ3) is 2.17. The SMILES string of the molecule is C=CCCCn1ccc2cc(CO)ccc21. The minimum Gasteiger partial charge on any atom is -0.392 e. The largest absolute Gasteiger partial charge is 0.392 e. The first-order valence-electron chi connectivity index (χ1n) is 5.64. The van der Waals surface area contributed by atoms with E-state index in [4.69, 9.17) is 5.11 Å². The maximum atomic E-state index is 9.06. The van der Waals surface area contributed by atoms with Crippen LogP contribution < -0.4 is 0 Å². The Morgan fingerprint density at radius 2 is 2.19 bits per heavy atom. The second-order valence-electron chi connectivity index (χ2n) is 3.99. The fourth-order valence-corrected chi connectivity index (χ4v) is 1.95. The Morgan fingerprint density at radius 1 is 1.31 bits per heavy atom. The first kappa shape index (κ1) is 11.0. The molecule has 2 aromatic rings. The van der Waals surface area contributed by atoms with Gasteiger partial charge in [-0.05, 0) is 42.0 Å². The first-order chi connectivity index (χ1) is 7.85. The van der Waals surface area contributed by atoms with Crippen LogP contribution in [0.25, 0.3) is 10.9 Å². The van der Waals surface area contributed by atoms with Crippen LogP contribution in [0.1, 0.15) is 18.4 Å². The van der Waals surface area contributed by atoms with Gasteiger partial charge in [0.1, 0.15) is 0 Å². The summed E-state index contributed by atoms with van der Waals surface area (Å²) >= 11 is 0. The van der Waals surface area contributed by atoms with E-state index in [9.17, 15) is 0 Å². The molecule has 0 unspecified atom stereocenters. The van der Waals surface area contributed by atoms with Crippen LogP contribution >= 0.6 is 0 Å². The van der Waals surface area contributed by atoms with Gasteiger partial charge in [-0.1, -0.05) is 12.1 Å². The number of fused-ring (bicyclic) bond motifs is 1. The Bertz CT molecular complexity index is 484. The predicted octanol–water partition coefficient (Wildman–Crippen LogP) is 3.10. The molecule has 1 heterocycles. The maximum absolute atomic E-state index is 9.06. The fraction of sp³-hybridized carbons (Fsp3) is 0.286. The number of aliphatic hydroxyl groups is 1. The molecule has 2 rings (SSSR count). The van der Waals surface area contributed by atoms with Gasteiger partial charge in [-0.3, -0.25) is 0 Å². The fourth-order valence-electron chi connectivity index (χ4n) is 1.95. The van der Waals surface area contributed by atoms with E-state index in [-0.39, 0.29) is 6.61 Å². The highest BCUT2D eigenvalue weighted by molar-refractivity contribution is 5.80. The molecule has 0 radical (unpaired) electrons. The number of nitrogens with zero attached hydrogens (tertiary/aromatic N) is 1. The number of aryl methyl sites for hydroxylation is 1. The normalized spacial score (nSPS) is 10.8. The van der Waals surface area contributed by atoms with Gasteiger partial charge in [0.15, 0.2) is 0 Å². The van der Waals surface area contributed by atoms with Gasteiger partial charge in [0.05, 0.1) is 6.61 Å². The molecule has 0 aliphatic heterocycles. The number of aliphatic hydroxyl groups excluding tert-OH is 1. The molecule has 0 saturated carbocycles. The monoisotopic (exact) mass is 215 g/mol. The number of benzene rings is 1.